The summed E-state index contributed by atoms with van der Waals surface area (Å²) in [7, 11) is 0. The van der Waals surface area contributed by atoms with Gasteiger partial charge in [-0.1, -0.05) is 19.1 Å². The van der Waals surface area contributed by atoms with Gasteiger partial charge in [0.2, 0.25) is 0 Å². The Morgan fingerprint density at radius 2 is 2.08 bits per heavy atom. The Hall–Kier alpha value is -1.44. The summed E-state index contributed by atoms with van der Waals surface area (Å²) in [6, 6.07) is 4.46. The summed E-state index contributed by atoms with van der Waals surface area (Å²) in [5.41, 5.74) is 0.650. The summed E-state index contributed by atoms with van der Waals surface area (Å²) in [6.45, 7) is 2.01. The van der Waals surface area contributed by atoms with Crippen molar-refractivity contribution in [2.45, 2.75) is 13.3 Å². The van der Waals surface area contributed by atoms with Gasteiger partial charge in [0, 0.05) is 5.56 Å². The molecular weight excluding hydrogens is 152 g/mol. The predicted molar refractivity (Wildman–Crippen MR) is 49.1 cm³/mol. The van der Waals surface area contributed by atoms with Crippen LogP contribution in [0.3, 0.4) is 0 Å². The lowest BCUT2D eigenvalue weighted by atomic mass is 10.1. The molecule has 2 heteroatoms. The topological polar surface area (TPSA) is 40.5 Å². The summed E-state index contributed by atoms with van der Waals surface area (Å²) in [5, 5.41) is 18.4. The molecule has 1 aromatic carbocycles. The summed E-state index contributed by atoms with van der Waals surface area (Å²) in [4.78, 5) is 0. The van der Waals surface area contributed by atoms with Crippen LogP contribution >= 0.6 is 0 Å². The van der Waals surface area contributed by atoms with E-state index in [-0.39, 0.29) is 11.5 Å². The van der Waals surface area contributed by atoms with Gasteiger partial charge in [-0.25, -0.2) is 0 Å². The molecule has 0 aliphatic carbocycles. The van der Waals surface area contributed by atoms with Crippen LogP contribution in [-0.2, 0) is 0 Å². The maximum absolute atomic E-state index is 9.30. The van der Waals surface area contributed by atoms with Crippen LogP contribution in [0.1, 0.15) is 18.9 Å². The molecule has 12 heavy (non-hydrogen) atoms. The van der Waals surface area contributed by atoms with Crippen LogP contribution in [-0.4, -0.2) is 10.2 Å². The van der Waals surface area contributed by atoms with Gasteiger partial charge in [0.25, 0.3) is 0 Å². The lowest BCUT2D eigenvalue weighted by Gasteiger charge is -1.98. The van der Waals surface area contributed by atoms with Crippen molar-refractivity contribution in [2.75, 3.05) is 0 Å². The van der Waals surface area contributed by atoms with E-state index >= 15 is 0 Å². The molecule has 0 radical (unpaired) electrons. The fraction of sp³-hybridized carbons (Fsp3) is 0.200. The monoisotopic (exact) mass is 164 g/mol. The van der Waals surface area contributed by atoms with E-state index < -0.39 is 0 Å². The molecule has 0 unspecified atom stereocenters. The van der Waals surface area contributed by atoms with Crippen LogP contribution in [0, 0.1) is 0 Å². The van der Waals surface area contributed by atoms with Crippen molar-refractivity contribution in [3.8, 4) is 11.5 Å². The minimum atomic E-state index is 0.170. The van der Waals surface area contributed by atoms with Crippen LogP contribution in [0.15, 0.2) is 24.3 Å². The molecule has 0 spiro atoms. The molecule has 0 aliphatic heterocycles. The first-order valence-electron chi connectivity index (χ1n) is 3.92. The predicted octanol–water partition coefficient (Wildman–Crippen LogP) is 2.52. The van der Waals surface area contributed by atoms with Gasteiger partial charge in [-0.15, -0.1) is 0 Å². The van der Waals surface area contributed by atoms with Gasteiger partial charge in [0.1, 0.15) is 11.5 Å². The number of hydrogen-bond acceptors (Lipinski definition) is 2. The molecule has 0 heterocycles. The quantitative estimate of drug-likeness (QED) is 0.659. The average Bonchev–Trinajstić information content (AvgIpc) is 2.07. The minimum absolute atomic E-state index is 0.170. The molecule has 2 N–H and O–H groups in total. The van der Waals surface area contributed by atoms with Gasteiger partial charge in [-0.2, -0.15) is 0 Å². The van der Waals surface area contributed by atoms with Crippen molar-refractivity contribution in [2.24, 2.45) is 0 Å². The number of hydrogen-bond donors (Lipinski definition) is 2. The molecule has 0 aromatic heterocycles. The van der Waals surface area contributed by atoms with E-state index in [2.05, 4.69) is 0 Å². The summed E-state index contributed by atoms with van der Waals surface area (Å²) in [5.74, 6) is 0.362. The third-order valence-electron chi connectivity index (χ3n) is 1.54. The van der Waals surface area contributed by atoms with Gasteiger partial charge < -0.3 is 10.2 Å². The first-order valence-corrected chi connectivity index (χ1v) is 3.92. The summed E-state index contributed by atoms with van der Waals surface area (Å²) >= 11 is 0. The first kappa shape index (κ1) is 8.65. The Morgan fingerprint density at radius 1 is 1.33 bits per heavy atom. The number of rotatable bonds is 2. The Labute approximate surface area is 71.8 Å². The average molecular weight is 164 g/mol. The van der Waals surface area contributed by atoms with E-state index in [1.54, 1.807) is 6.08 Å². The number of allylic oxidation sites excluding steroid dienone is 1. The normalized spacial score (nSPS) is 10.8. The standard InChI is InChI=1S/C10H12O2/c1-2-3-4-8-7-9(11)5-6-10(8)12/h3-7,11-12H,2H2,1H3/b4-3+. The van der Waals surface area contributed by atoms with E-state index in [1.807, 2.05) is 13.0 Å². The smallest absolute Gasteiger partial charge is 0.123 e. The summed E-state index contributed by atoms with van der Waals surface area (Å²) in [6.07, 6.45) is 4.62. The third kappa shape index (κ3) is 2.02. The van der Waals surface area contributed by atoms with Crippen LogP contribution in [0.4, 0.5) is 0 Å². The zero-order valence-corrected chi connectivity index (χ0v) is 6.99. The van der Waals surface area contributed by atoms with E-state index in [4.69, 9.17) is 5.11 Å². The van der Waals surface area contributed by atoms with Crippen LogP contribution in [0.25, 0.3) is 6.08 Å². The van der Waals surface area contributed by atoms with Crippen molar-refractivity contribution in [3.05, 3.63) is 29.8 Å². The minimum Gasteiger partial charge on any atom is -0.508 e. The van der Waals surface area contributed by atoms with Crippen LogP contribution < -0.4 is 0 Å². The largest absolute Gasteiger partial charge is 0.508 e. The lowest BCUT2D eigenvalue weighted by molar-refractivity contribution is 0.459. The maximum Gasteiger partial charge on any atom is 0.123 e. The highest BCUT2D eigenvalue weighted by molar-refractivity contribution is 5.58. The zero-order valence-electron chi connectivity index (χ0n) is 6.99. The van der Waals surface area contributed by atoms with Crippen LogP contribution in [0.5, 0.6) is 11.5 Å². The van der Waals surface area contributed by atoms with Gasteiger partial charge in [0.05, 0.1) is 0 Å². The van der Waals surface area contributed by atoms with Gasteiger partial charge in [-0.3, -0.25) is 0 Å². The van der Waals surface area contributed by atoms with Gasteiger partial charge >= 0.3 is 0 Å². The van der Waals surface area contributed by atoms with Crippen molar-refractivity contribution < 1.29 is 10.2 Å². The van der Waals surface area contributed by atoms with E-state index in [0.717, 1.165) is 6.42 Å². The molecule has 0 saturated heterocycles. The lowest BCUT2D eigenvalue weighted by Crippen LogP contribution is -1.73. The molecule has 0 saturated carbocycles. The Kier molecular flexibility index (Phi) is 2.75. The molecule has 1 rings (SSSR count). The Morgan fingerprint density at radius 3 is 2.75 bits per heavy atom. The van der Waals surface area contributed by atoms with Crippen molar-refractivity contribution in [1.29, 1.82) is 0 Å². The van der Waals surface area contributed by atoms with Crippen LogP contribution in [0.2, 0.25) is 0 Å². The Bertz CT molecular complexity index is 290. The molecule has 64 valence electrons. The number of phenolic OH excluding ortho intramolecular Hbond substituents is 2. The van der Waals surface area contributed by atoms with Crippen molar-refractivity contribution in [1.82, 2.24) is 0 Å². The highest BCUT2D eigenvalue weighted by atomic mass is 16.3. The fourth-order valence-corrected chi connectivity index (χ4v) is 0.920. The van der Waals surface area contributed by atoms with E-state index in [9.17, 15) is 5.11 Å². The number of aromatic hydroxyl groups is 2. The number of phenols is 2. The molecule has 0 fully saturated rings. The molecule has 0 aliphatic rings. The fourth-order valence-electron chi connectivity index (χ4n) is 0.920. The molecular formula is C10H12O2. The highest BCUT2D eigenvalue weighted by Gasteiger charge is 1.96. The van der Waals surface area contributed by atoms with E-state index in [0.29, 0.717) is 5.56 Å². The first-order chi connectivity index (χ1) is 5.74. The molecule has 0 atom stereocenters. The molecule has 0 bridgehead atoms. The number of benzene rings is 1. The second-order valence-corrected chi connectivity index (χ2v) is 2.55. The molecule has 2 nitrogen and oxygen atoms in total. The molecule has 0 amide bonds. The Balaban J connectivity index is 2.97. The highest BCUT2D eigenvalue weighted by Crippen LogP contribution is 2.23. The molecule has 1 aromatic rings. The van der Waals surface area contributed by atoms with Crippen molar-refractivity contribution in [3.63, 3.8) is 0 Å². The van der Waals surface area contributed by atoms with Crippen molar-refractivity contribution >= 4 is 6.08 Å². The second kappa shape index (κ2) is 3.81. The van der Waals surface area contributed by atoms with Gasteiger partial charge in [0.15, 0.2) is 0 Å². The van der Waals surface area contributed by atoms with Gasteiger partial charge in [-0.05, 0) is 24.6 Å². The zero-order chi connectivity index (χ0) is 8.97. The third-order valence-corrected chi connectivity index (χ3v) is 1.54. The SMILES string of the molecule is CC/C=C/c1cc(O)ccc1O. The second-order valence-electron chi connectivity index (χ2n) is 2.55. The van der Waals surface area contributed by atoms with E-state index in [1.165, 1.54) is 18.2 Å². The maximum atomic E-state index is 9.30. The summed E-state index contributed by atoms with van der Waals surface area (Å²) < 4.78 is 0.